The molecular formula is C16H19F2NO6. The molecule has 0 bridgehead atoms. The topological polar surface area (TPSA) is 83.1 Å². The van der Waals surface area contributed by atoms with Crippen LogP contribution in [0.15, 0.2) is 12.1 Å². The Balaban J connectivity index is 2.34. The van der Waals surface area contributed by atoms with Crippen molar-refractivity contribution in [2.45, 2.75) is 19.5 Å². The fraction of sp³-hybridized carbons (Fsp3) is 0.500. The number of ether oxygens (including phenoxy) is 4. The van der Waals surface area contributed by atoms with Crippen molar-refractivity contribution in [2.75, 3.05) is 32.8 Å². The summed E-state index contributed by atoms with van der Waals surface area (Å²) < 4.78 is 44.4. The molecule has 0 spiro atoms. The Morgan fingerprint density at radius 2 is 1.88 bits per heavy atom. The lowest BCUT2D eigenvalue weighted by molar-refractivity contribution is -0.122. The van der Waals surface area contributed by atoms with Crippen LogP contribution in [0.1, 0.15) is 23.2 Å². The van der Waals surface area contributed by atoms with Crippen LogP contribution in [0.2, 0.25) is 0 Å². The molecule has 0 atom stereocenters. The summed E-state index contributed by atoms with van der Waals surface area (Å²) in [5.74, 6) is -1.75. The highest BCUT2D eigenvalue weighted by Crippen LogP contribution is 2.35. The largest absolute Gasteiger partial charge is 0.493 e. The molecule has 1 aromatic carbocycles. The molecule has 25 heavy (non-hydrogen) atoms. The highest BCUT2D eigenvalue weighted by molar-refractivity contribution is 6.02. The molecule has 9 heteroatoms. The van der Waals surface area contributed by atoms with Crippen molar-refractivity contribution in [1.29, 1.82) is 0 Å². The van der Waals surface area contributed by atoms with Gasteiger partial charge in [0.1, 0.15) is 0 Å². The third kappa shape index (κ3) is 4.79. The molecule has 138 valence electrons. The van der Waals surface area contributed by atoms with Crippen LogP contribution in [-0.4, -0.2) is 45.9 Å². The molecule has 0 aliphatic carbocycles. The minimum absolute atomic E-state index is 0.0137. The van der Waals surface area contributed by atoms with E-state index in [2.05, 4.69) is 14.8 Å². The molecular weight excluding hydrogens is 340 g/mol. The number of rotatable bonds is 6. The van der Waals surface area contributed by atoms with Crippen molar-refractivity contribution in [3.8, 4) is 11.5 Å². The van der Waals surface area contributed by atoms with Gasteiger partial charge in [0.05, 0.1) is 25.5 Å². The average Bonchev–Trinajstić information content (AvgIpc) is 2.61. The number of hydrogen-bond donors (Lipinski definition) is 1. The summed E-state index contributed by atoms with van der Waals surface area (Å²) in [6.07, 6.45) is 1.08. The molecule has 1 amide bonds. The van der Waals surface area contributed by atoms with Crippen LogP contribution in [0, 0.1) is 5.92 Å². The lowest BCUT2D eigenvalue weighted by Crippen LogP contribution is -2.29. The Kier molecular flexibility index (Phi) is 6.51. The number of carbonyl (C=O) groups is 2. The summed E-state index contributed by atoms with van der Waals surface area (Å²) in [5.41, 5.74) is -0.0128. The lowest BCUT2D eigenvalue weighted by atomic mass is 9.99. The molecule has 0 aromatic heterocycles. The first-order valence-electron chi connectivity index (χ1n) is 7.60. The van der Waals surface area contributed by atoms with E-state index < -0.39 is 12.6 Å². The second kappa shape index (κ2) is 8.61. The summed E-state index contributed by atoms with van der Waals surface area (Å²) in [7, 11) is 2.41. The number of esters is 1. The van der Waals surface area contributed by atoms with Gasteiger partial charge < -0.3 is 24.3 Å². The van der Waals surface area contributed by atoms with Crippen LogP contribution in [0.3, 0.4) is 0 Å². The van der Waals surface area contributed by atoms with Gasteiger partial charge in [-0.2, -0.15) is 8.78 Å². The van der Waals surface area contributed by atoms with Gasteiger partial charge in [0.15, 0.2) is 11.5 Å². The summed E-state index contributed by atoms with van der Waals surface area (Å²) in [4.78, 5) is 24.3. The molecule has 7 nitrogen and oxygen atoms in total. The first kappa shape index (κ1) is 18.9. The van der Waals surface area contributed by atoms with E-state index in [9.17, 15) is 18.4 Å². The number of halogens is 2. The average molecular weight is 359 g/mol. The van der Waals surface area contributed by atoms with E-state index in [1.165, 1.54) is 20.3 Å². The van der Waals surface area contributed by atoms with Crippen LogP contribution in [0.4, 0.5) is 14.5 Å². The van der Waals surface area contributed by atoms with Gasteiger partial charge in [0.2, 0.25) is 5.91 Å². The number of carbonyl (C=O) groups excluding carboxylic acids is 2. The van der Waals surface area contributed by atoms with Gasteiger partial charge in [-0.15, -0.1) is 0 Å². The molecule has 1 heterocycles. The monoisotopic (exact) mass is 359 g/mol. The zero-order valence-electron chi connectivity index (χ0n) is 13.8. The standard InChI is InChI=1S/C16H19F2NO6/c1-22-12-7-10(15(21)23-2)11(8-13(12)25-16(17)18)19-14(20)9-3-5-24-6-4-9/h7-9,16H,3-6H2,1-2H3,(H,19,20). The number of benzene rings is 1. The smallest absolute Gasteiger partial charge is 0.387 e. The third-order valence-corrected chi connectivity index (χ3v) is 3.78. The van der Waals surface area contributed by atoms with Crippen LogP contribution in [0.25, 0.3) is 0 Å². The zero-order chi connectivity index (χ0) is 18.4. The first-order chi connectivity index (χ1) is 12.0. The van der Waals surface area contributed by atoms with Gasteiger partial charge in [-0.05, 0) is 12.8 Å². The van der Waals surface area contributed by atoms with Gasteiger partial charge in [-0.1, -0.05) is 0 Å². The fourth-order valence-electron chi connectivity index (χ4n) is 2.48. The van der Waals surface area contributed by atoms with Gasteiger partial charge in [-0.3, -0.25) is 4.79 Å². The van der Waals surface area contributed by atoms with E-state index in [4.69, 9.17) is 9.47 Å². The van der Waals surface area contributed by atoms with E-state index in [0.717, 1.165) is 6.07 Å². The Morgan fingerprint density at radius 1 is 1.20 bits per heavy atom. The molecule has 1 N–H and O–H groups in total. The molecule has 1 saturated heterocycles. The van der Waals surface area contributed by atoms with Crippen molar-refractivity contribution in [3.05, 3.63) is 17.7 Å². The number of hydrogen-bond acceptors (Lipinski definition) is 6. The minimum atomic E-state index is -3.09. The summed E-state index contributed by atoms with van der Waals surface area (Å²) >= 11 is 0. The highest BCUT2D eigenvalue weighted by Gasteiger charge is 2.25. The quantitative estimate of drug-likeness (QED) is 0.786. The molecule has 0 saturated carbocycles. The Labute approximate surface area is 143 Å². The molecule has 0 unspecified atom stereocenters. The van der Waals surface area contributed by atoms with Crippen molar-refractivity contribution in [1.82, 2.24) is 0 Å². The molecule has 1 aliphatic rings. The maximum absolute atomic E-state index is 12.6. The van der Waals surface area contributed by atoms with E-state index in [0.29, 0.717) is 26.1 Å². The second-order valence-electron chi connectivity index (χ2n) is 5.29. The van der Waals surface area contributed by atoms with Crippen molar-refractivity contribution in [2.24, 2.45) is 5.92 Å². The van der Waals surface area contributed by atoms with Crippen molar-refractivity contribution < 1.29 is 37.3 Å². The summed E-state index contributed by atoms with van der Waals surface area (Å²) in [6.45, 7) is -2.16. The normalized spacial score (nSPS) is 14.9. The van der Waals surface area contributed by atoms with Crippen molar-refractivity contribution in [3.63, 3.8) is 0 Å². The SMILES string of the molecule is COC(=O)c1cc(OC)c(OC(F)F)cc1NC(=O)C1CCOCC1. The first-order valence-corrected chi connectivity index (χ1v) is 7.60. The predicted molar refractivity (Wildman–Crippen MR) is 83.1 cm³/mol. The molecule has 1 aliphatic heterocycles. The van der Waals surface area contributed by atoms with Gasteiger partial charge >= 0.3 is 12.6 Å². The highest BCUT2D eigenvalue weighted by atomic mass is 19.3. The molecule has 1 aromatic rings. The number of anilines is 1. The van der Waals surface area contributed by atoms with Gasteiger partial charge in [0, 0.05) is 31.3 Å². The number of alkyl halides is 2. The predicted octanol–water partition coefficient (Wildman–Crippen LogP) is 2.45. The molecule has 1 fully saturated rings. The van der Waals surface area contributed by atoms with Crippen LogP contribution in [0.5, 0.6) is 11.5 Å². The third-order valence-electron chi connectivity index (χ3n) is 3.78. The lowest BCUT2D eigenvalue weighted by Gasteiger charge is -2.22. The van der Waals surface area contributed by atoms with Crippen LogP contribution in [-0.2, 0) is 14.3 Å². The number of amides is 1. The van der Waals surface area contributed by atoms with Gasteiger partial charge in [0.25, 0.3) is 0 Å². The number of methoxy groups -OCH3 is 2. The Hall–Kier alpha value is -2.42. The fourth-order valence-corrected chi connectivity index (χ4v) is 2.48. The Bertz CT molecular complexity index is 631. The molecule has 2 rings (SSSR count). The number of nitrogens with one attached hydrogen (secondary N) is 1. The van der Waals surface area contributed by atoms with E-state index in [-0.39, 0.29) is 34.6 Å². The summed E-state index contributed by atoms with van der Waals surface area (Å²) in [5, 5.41) is 2.58. The maximum Gasteiger partial charge on any atom is 0.387 e. The van der Waals surface area contributed by atoms with E-state index >= 15 is 0 Å². The maximum atomic E-state index is 12.6. The Morgan fingerprint density at radius 3 is 2.44 bits per heavy atom. The zero-order valence-corrected chi connectivity index (χ0v) is 13.8. The minimum Gasteiger partial charge on any atom is -0.493 e. The van der Waals surface area contributed by atoms with Gasteiger partial charge in [-0.25, -0.2) is 4.79 Å². The van der Waals surface area contributed by atoms with Crippen LogP contribution >= 0.6 is 0 Å². The van der Waals surface area contributed by atoms with E-state index in [1.807, 2.05) is 0 Å². The second-order valence-corrected chi connectivity index (χ2v) is 5.29. The van der Waals surface area contributed by atoms with Crippen molar-refractivity contribution >= 4 is 17.6 Å². The van der Waals surface area contributed by atoms with Crippen LogP contribution < -0.4 is 14.8 Å². The van der Waals surface area contributed by atoms with E-state index in [1.54, 1.807) is 0 Å². The molecule has 0 radical (unpaired) electrons. The summed E-state index contributed by atoms with van der Waals surface area (Å²) in [6, 6.07) is 2.30.